The predicted octanol–water partition coefficient (Wildman–Crippen LogP) is 22.5. The van der Waals surface area contributed by atoms with Crippen molar-refractivity contribution in [2.45, 2.75) is 297 Å². The van der Waals surface area contributed by atoms with Gasteiger partial charge in [0.1, 0.15) is 13.2 Å². The summed E-state index contributed by atoms with van der Waals surface area (Å²) in [5.41, 5.74) is 0. The second kappa shape index (κ2) is 66.1. The summed E-state index contributed by atoms with van der Waals surface area (Å²) in [7, 11) is 0. The van der Waals surface area contributed by atoms with Gasteiger partial charge >= 0.3 is 17.9 Å². The molecule has 0 aromatic heterocycles. The number of ether oxygens (including phenoxy) is 3. The summed E-state index contributed by atoms with van der Waals surface area (Å²) in [6.07, 6.45) is 93.7. The van der Waals surface area contributed by atoms with E-state index in [1.807, 2.05) is 6.08 Å². The molecule has 0 aliphatic carbocycles. The Morgan fingerprint density at radius 2 is 0.532 bits per heavy atom. The summed E-state index contributed by atoms with van der Waals surface area (Å²) >= 11 is 0. The van der Waals surface area contributed by atoms with Crippen LogP contribution in [0, 0.1) is 0 Å². The highest BCUT2D eigenvalue weighted by Crippen LogP contribution is 2.16. The van der Waals surface area contributed by atoms with Gasteiger partial charge in [0.2, 0.25) is 0 Å². The fourth-order valence-electron chi connectivity index (χ4n) is 8.83. The molecule has 0 aliphatic heterocycles. The summed E-state index contributed by atoms with van der Waals surface area (Å²) < 4.78 is 16.8. The summed E-state index contributed by atoms with van der Waals surface area (Å²) in [6, 6.07) is 0. The molecule has 0 rings (SSSR count). The predicted molar refractivity (Wildman–Crippen MR) is 343 cm³/mol. The Morgan fingerprint density at radius 1 is 0.278 bits per heavy atom. The van der Waals surface area contributed by atoms with Crippen LogP contribution in [0.1, 0.15) is 290 Å². The molecule has 6 heteroatoms. The van der Waals surface area contributed by atoms with E-state index >= 15 is 0 Å². The van der Waals surface area contributed by atoms with Gasteiger partial charge < -0.3 is 14.2 Å². The van der Waals surface area contributed by atoms with E-state index in [-0.39, 0.29) is 38.0 Å². The highest BCUT2D eigenvalue weighted by atomic mass is 16.6. The Balaban J connectivity index is 4.29. The minimum atomic E-state index is -0.854. The standard InChI is InChI=1S/C73H120O6/c1-4-7-10-13-16-19-22-25-28-29-30-31-32-33-34-35-36-37-38-39-40-41-42-43-46-48-51-54-57-60-63-66-72(75)78-69-70(79-73(76)67-64-61-58-55-52-49-45-27-24-21-18-15-12-9-6-3)68-77-71(74)65-62-59-56-53-50-47-44-26-23-20-17-14-11-8-5-2/h8-9,11-12,17-18,20-22,25-27,29-30,44-45,50,52-53,55,61,64,70H,4-7,10,13-16,19,23-24,28,31-43,46-49,51,54,56-60,62-63,65-69H2,1-3H3/b11-8-,12-9-,20-17-,21-18-,25-22-,30-29-,44-26-,45-27-,53-50-,55-52-,64-61-. The van der Waals surface area contributed by atoms with E-state index in [0.29, 0.717) is 19.3 Å². The third-order valence-electron chi connectivity index (χ3n) is 13.7. The van der Waals surface area contributed by atoms with E-state index in [1.54, 1.807) is 6.08 Å². The first kappa shape index (κ1) is 74.5. The molecule has 0 saturated carbocycles. The van der Waals surface area contributed by atoms with Crippen molar-refractivity contribution in [2.75, 3.05) is 13.2 Å². The molecule has 0 aliphatic rings. The molecule has 0 spiro atoms. The first-order valence-corrected chi connectivity index (χ1v) is 32.7. The minimum absolute atomic E-state index is 0.0841. The number of carbonyl (C=O) groups excluding carboxylic acids is 3. The Labute approximate surface area is 487 Å². The highest BCUT2D eigenvalue weighted by Gasteiger charge is 2.19. The molecule has 0 saturated heterocycles. The average molecular weight is 1090 g/mol. The number of hydrogen-bond acceptors (Lipinski definition) is 6. The van der Waals surface area contributed by atoms with E-state index < -0.39 is 12.1 Å². The fourth-order valence-corrected chi connectivity index (χ4v) is 8.83. The highest BCUT2D eigenvalue weighted by molar-refractivity contribution is 5.72. The smallest absolute Gasteiger partial charge is 0.310 e. The van der Waals surface area contributed by atoms with Crippen LogP contribution in [0.15, 0.2) is 134 Å². The van der Waals surface area contributed by atoms with Crippen molar-refractivity contribution < 1.29 is 28.6 Å². The van der Waals surface area contributed by atoms with E-state index in [0.717, 1.165) is 89.9 Å². The second-order valence-electron chi connectivity index (χ2n) is 21.3. The zero-order valence-corrected chi connectivity index (χ0v) is 51.3. The number of allylic oxidation sites excluding steroid dienone is 21. The van der Waals surface area contributed by atoms with Crippen LogP contribution in [-0.4, -0.2) is 37.2 Å². The molecule has 0 bridgehead atoms. The van der Waals surface area contributed by atoms with Crippen molar-refractivity contribution in [3.05, 3.63) is 134 Å². The Bertz CT molecular complexity index is 1680. The van der Waals surface area contributed by atoms with Crippen LogP contribution in [0.25, 0.3) is 0 Å². The van der Waals surface area contributed by atoms with Gasteiger partial charge in [0.15, 0.2) is 6.10 Å². The first-order chi connectivity index (χ1) is 39.0. The molecule has 448 valence electrons. The molecule has 0 fully saturated rings. The molecule has 1 atom stereocenters. The molecular formula is C73H120O6. The van der Waals surface area contributed by atoms with Gasteiger partial charge in [0.25, 0.3) is 0 Å². The van der Waals surface area contributed by atoms with Crippen molar-refractivity contribution in [2.24, 2.45) is 0 Å². The van der Waals surface area contributed by atoms with Crippen molar-refractivity contribution in [3.63, 3.8) is 0 Å². The van der Waals surface area contributed by atoms with Crippen molar-refractivity contribution in [1.82, 2.24) is 0 Å². The Morgan fingerprint density at radius 3 is 0.861 bits per heavy atom. The number of rotatable bonds is 58. The topological polar surface area (TPSA) is 78.9 Å². The normalized spacial score (nSPS) is 13.0. The largest absolute Gasteiger partial charge is 0.462 e. The lowest BCUT2D eigenvalue weighted by atomic mass is 10.0. The van der Waals surface area contributed by atoms with E-state index in [9.17, 15) is 14.4 Å². The zero-order chi connectivity index (χ0) is 57.1. The van der Waals surface area contributed by atoms with Crippen LogP contribution in [0.4, 0.5) is 0 Å². The summed E-state index contributed by atoms with van der Waals surface area (Å²) in [5.74, 6) is -1.10. The minimum Gasteiger partial charge on any atom is -0.462 e. The van der Waals surface area contributed by atoms with Crippen LogP contribution >= 0.6 is 0 Å². The second-order valence-corrected chi connectivity index (χ2v) is 21.3. The van der Waals surface area contributed by atoms with Crippen molar-refractivity contribution in [3.8, 4) is 0 Å². The van der Waals surface area contributed by atoms with Gasteiger partial charge in [-0.3, -0.25) is 14.4 Å². The molecule has 0 N–H and O–H groups in total. The lowest BCUT2D eigenvalue weighted by Crippen LogP contribution is -2.30. The lowest BCUT2D eigenvalue weighted by Gasteiger charge is -2.18. The molecule has 0 amide bonds. The molecule has 79 heavy (non-hydrogen) atoms. The van der Waals surface area contributed by atoms with Gasteiger partial charge in [0, 0.05) is 12.8 Å². The van der Waals surface area contributed by atoms with Gasteiger partial charge in [0.05, 0.1) is 6.42 Å². The summed E-state index contributed by atoms with van der Waals surface area (Å²) in [4.78, 5) is 38.2. The first-order valence-electron chi connectivity index (χ1n) is 32.7. The molecule has 1 unspecified atom stereocenters. The fraction of sp³-hybridized carbons (Fsp3) is 0.658. The maximum Gasteiger partial charge on any atom is 0.310 e. The van der Waals surface area contributed by atoms with E-state index in [1.165, 1.54) is 148 Å². The zero-order valence-electron chi connectivity index (χ0n) is 51.3. The maximum absolute atomic E-state index is 12.8. The van der Waals surface area contributed by atoms with Gasteiger partial charge in [-0.1, -0.05) is 289 Å². The molecule has 0 radical (unpaired) electrons. The van der Waals surface area contributed by atoms with Crippen LogP contribution in [0.3, 0.4) is 0 Å². The molecular weight excluding hydrogens is 973 g/mol. The molecule has 0 heterocycles. The molecule has 0 aromatic carbocycles. The monoisotopic (exact) mass is 1090 g/mol. The molecule has 0 aromatic rings. The van der Waals surface area contributed by atoms with Crippen molar-refractivity contribution in [1.29, 1.82) is 0 Å². The number of unbranched alkanes of at least 4 members (excludes halogenated alkanes) is 26. The summed E-state index contributed by atoms with van der Waals surface area (Å²) in [6.45, 7) is 6.29. The third-order valence-corrected chi connectivity index (χ3v) is 13.7. The number of esters is 3. The number of hydrogen-bond donors (Lipinski definition) is 0. The van der Waals surface area contributed by atoms with Gasteiger partial charge in [-0.2, -0.15) is 0 Å². The Kier molecular flexibility index (Phi) is 62.3. The number of carbonyl (C=O) groups is 3. The van der Waals surface area contributed by atoms with Crippen LogP contribution < -0.4 is 0 Å². The maximum atomic E-state index is 12.8. The van der Waals surface area contributed by atoms with E-state index in [2.05, 4.69) is 142 Å². The van der Waals surface area contributed by atoms with Gasteiger partial charge in [-0.25, -0.2) is 0 Å². The van der Waals surface area contributed by atoms with Crippen LogP contribution in [0.5, 0.6) is 0 Å². The van der Waals surface area contributed by atoms with Crippen LogP contribution in [-0.2, 0) is 28.6 Å². The van der Waals surface area contributed by atoms with E-state index in [4.69, 9.17) is 14.2 Å². The Hall–Kier alpha value is -4.45. The summed E-state index contributed by atoms with van der Waals surface area (Å²) in [5, 5.41) is 0. The quantitative estimate of drug-likeness (QED) is 0.0261. The lowest BCUT2D eigenvalue weighted by molar-refractivity contribution is -0.166. The van der Waals surface area contributed by atoms with Crippen molar-refractivity contribution >= 4 is 17.9 Å². The van der Waals surface area contributed by atoms with Gasteiger partial charge in [-0.15, -0.1) is 0 Å². The third kappa shape index (κ3) is 64.3. The van der Waals surface area contributed by atoms with Gasteiger partial charge in [-0.05, 0) is 116 Å². The average Bonchev–Trinajstić information content (AvgIpc) is 3.45. The van der Waals surface area contributed by atoms with Crippen LogP contribution in [0.2, 0.25) is 0 Å². The molecule has 6 nitrogen and oxygen atoms in total. The SMILES string of the molecule is CC/C=C\C/C=C\C/C=C\C/C=C\C/C=C\CC(=O)OC(COC(=O)CCCC/C=C\C/C=C\C/C=C\C/C=C\CC)COC(=O)CCCCCCCCCCCCCCCCCCCCC/C=C\C/C=C\CCCCCCC.